The van der Waals surface area contributed by atoms with Gasteiger partial charge in [0.2, 0.25) is 0 Å². The summed E-state index contributed by atoms with van der Waals surface area (Å²) in [6, 6.07) is 9.85. The summed E-state index contributed by atoms with van der Waals surface area (Å²) >= 11 is 0. The summed E-state index contributed by atoms with van der Waals surface area (Å²) in [5.74, 6) is -0.796. The zero-order valence-corrected chi connectivity index (χ0v) is 25.2. The van der Waals surface area contributed by atoms with Gasteiger partial charge in [0, 0.05) is 5.56 Å². The van der Waals surface area contributed by atoms with E-state index in [0.717, 1.165) is 30.2 Å². The maximum absolute atomic E-state index is 13.5. The Labute approximate surface area is 242 Å². The Morgan fingerprint density at radius 2 is 1.45 bits per heavy atom. The minimum atomic E-state index is -4.65. The number of rotatable bonds is 11. The summed E-state index contributed by atoms with van der Waals surface area (Å²) in [4.78, 5) is 0. The number of halogens is 3. The molecule has 0 bridgehead atoms. The standard InChI is InChI=1S/C28H29F3O9S2/c1-17(2)12-13-38-22-11-10-19(15-23(22)39-41(5,32)33)25-24(36-3)16-21(26(37-4)27(25)40-42(6,34)35)18-8-7-9-20(14-18)28(29,30)31/h7-12,14-16H,13H2,1-6H3. The molecule has 0 unspecified atom stereocenters. The van der Waals surface area contributed by atoms with E-state index in [1.54, 1.807) is 6.08 Å². The minimum Gasteiger partial charge on any atom is -0.496 e. The van der Waals surface area contributed by atoms with Gasteiger partial charge in [-0.15, -0.1) is 0 Å². The second-order valence-electron chi connectivity index (χ2n) is 9.27. The van der Waals surface area contributed by atoms with Gasteiger partial charge in [-0.25, -0.2) is 0 Å². The molecule has 0 atom stereocenters. The molecule has 228 valence electrons. The van der Waals surface area contributed by atoms with Crippen molar-refractivity contribution in [1.82, 2.24) is 0 Å². The first-order valence-electron chi connectivity index (χ1n) is 12.1. The van der Waals surface area contributed by atoms with Crippen LogP contribution < -0.4 is 22.6 Å². The highest BCUT2D eigenvalue weighted by Gasteiger charge is 2.32. The Hall–Kier alpha value is -3.91. The molecule has 0 aliphatic carbocycles. The lowest BCUT2D eigenvalue weighted by molar-refractivity contribution is -0.137. The van der Waals surface area contributed by atoms with Crippen LogP contribution in [0.25, 0.3) is 22.3 Å². The third-order valence-electron chi connectivity index (χ3n) is 5.56. The van der Waals surface area contributed by atoms with E-state index in [2.05, 4.69) is 0 Å². The zero-order valence-electron chi connectivity index (χ0n) is 23.5. The second-order valence-corrected chi connectivity index (χ2v) is 12.4. The SMILES string of the molecule is COc1cc(-c2cccc(C(F)(F)F)c2)c(OC)c(OS(C)(=O)=O)c1-c1ccc(OCC=C(C)C)c(OS(C)(=O)=O)c1. The van der Waals surface area contributed by atoms with Gasteiger partial charge in [0.05, 0.1) is 37.9 Å². The van der Waals surface area contributed by atoms with E-state index in [9.17, 15) is 30.0 Å². The molecule has 0 spiro atoms. The van der Waals surface area contributed by atoms with Crippen LogP contribution in [0.3, 0.4) is 0 Å². The number of hydrogen-bond acceptors (Lipinski definition) is 9. The van der Waals surface area contributed by atoms with Crippen LogP contribution in [0.15, 0.2) is 60.2 Å². The largest absolute Gasteiger partial charge is 0.496 e. The third kappa shape index (κ3) is 8.32. The molecule has 0 fully saturated rings. The van der Waals surface area contributed by atoms with Crippen molar-refractivity contribution in [3.05, 3.63) is 65.7 Å². The monoisotopic (exact) mass is 630 g/mol. The number of benzene rings is 3. The van der Waals surface area contributed by atoms with Gasteiger partial charge in [-0.1, -0.05) is 23.8 Å². The Morgan fingerprint density at radius 1 is 0.786 bits per heavy atom. The molecule has 0 heterocycles. The normalized spacial score (nSPS) is 11.9. The minimum absolute atomic E-state index is 0.00954. The molecule has 0 saturated carbocycles. The summed E-state index contributed by atoms with van der Waals surface area (Å²) in [5.41, 5.74) is 0.239. The van der Waals surface area contributed by atoms with Gasteiger partial charge in [-0.2, -0.15) is 30.0 Å². The summed E-state index contributed by atoms with van der Waals surface area (Å²) in [6.45, 7) is 3.81. The molecule has 0 amide bonds. The van der Waals surface area contributed by atoms with Crippen molar-refractivity contribution in [3.63, 3.8) is 0 Å². The molecule has 0 saturated heterocycles. The predicted octanol–water partition coefficient (Wildman–Crippen LogP) is 6.08. The lowest BCUT2D eigenvalue weighted by Gasteiger charge is -2.21. The maximum atomic E-state index is 13.5. The van der Waals surface area contributed by atoms with Gasteiger partial charge in [0.1, 0.15) is 12.4 Å². The van der Waals surface area contributed by atoms with Crippen LogP contribution in [0.1, 0.15) is 19.4 Å². The van der Waals surface area contributed by atoms with Crippen LogP contribution in [-0.4, -0.2) is 50.2 Å². The van der Waals surface area contributed by atoms with Crippen LogP contribution >= 0.6 is 0 Å². The van der Waals surface area contributed by atoms with E-state index in [1.807, 2.05) is 13.8 Å². The van der Waals surface area contributed by atoms with Crippen LogP contribution in [0.5, 0.6) is 28.7 Å². The highest BCUT2D eigenvalue weighted by Crippen LogP contribution is 2.52. The summed E-state index contributed by atoms with van der Waals surface area (Å²) in [7, 11) is -5.82. The number of ether oxygens (including phenoxy) is 3. The summed E-state index contributed by atoms with van der Waals surface area (Å²) in [6.07, 6.45) is -1.27. The fourth-order valence-electron chi connectivity index (χ4n) is 3.87. The van der Waals surface area contributed by atoms with Crippen LogP contribution in [0.2, 0.25) is 0 Å². The molecule has 0 aliphatic heterocycles. The van der Waals surface area contributed by atoms with Crippen molar-refractivity contribution < 1.29 is 52.6 Å². The number of alkyl halides is 3. The first-order valence-corrected chi connectivity index (χ1v) is 15.7. The number of methoxy groups -OCH3 is 2. The molecular formula is C28H29F3O9S2. The molecule has 3 aromatic rings. The van der Waals surface area contributed by atoms with Crippen molar-refractivity contribution in [2.45, 2.75) is 20.0 Å². The molecule has 0 aromatic heterocycles. The average molecular weight is 631 g/mol. The average Bonchev–Trinajstić information content (AvgIpc) is 2.86. The smallest absolute Gasteiger partial charge is 0.416 e. The molecule has 14 heteroatoms. The van der Waals surface area contributed by atoms with E-state index in [4.69, 9.17) is 22.6 Å². The molecule has 3 rings (SSSR count). The van der Waals surface area contributed by atoms with Gasteiger partial charge in [0.25, 0.3) is 0 Å². The highest BCUT2D eigenvalue weighted by atomic mass is 32.2. The summed E-state index contributed by atoms with van der Waals surface area (Å²) < 4.78 is 116. The lowest BCUT2D eigenvalue weighted by atomic mass is 9.95. The molecule has 42 heavy (non-hydrogen) atoms. The fraction of sp³-hybridized carbons (Fsp3) is 0.286. The van der Waals surface area contributed by atoms with Crippen molar-refractivity contribution in [1.29, 1.82) is 0 Å². The van der Waals surface area contributed by atoms with Crippen LogP contribution in [-0.2, 0) is 26.4 Å². The van der Waals surface area contributed by atoms with E-state index in [0.29, 0.717) is 0 Å². The van der Waals surface area contributed by atoms with Gasteiger partial charge < -0.3 is 22.6 Å². The highest BCUT2D eigenvalue weighted by molar-refractivity contribution is 7.86. The van der Waals surface area contributed by atoms with Gasteiger partial charge >= 0.3 is 26.4 Å². The Bertz CT molecular complexity index is 1710. The summed E-state index contributed by atoms with van der Waals surface area (Å²) in [5, 5.41) is 0. The van der Waals surface area contributed by atoms with Crippen LogP contribution in [0.4, 0.5) is 13.2 Å². The molecule has 0 N–H and O–H groups in total. The molecule has 0 radical (unpaired) electrons. The van der Waals surface area contributed by atoms with E-state index < -0.39 is 37.7 Å². The molecule has 0 aliphatic rings. The lowest BCUT2D eigenvalue weighted by Crippen LogP contribution is -2.10. The van der Waals surface area contributed by atoms with Crippen molar-refractivity contribution in [2.75, 3.05) is 33.3 Å². The van der Waals surface area contributed by atoms with Gasteiger partial charge in [0.15, 0.2) is 23.0 Å². The number of allylic oxidation sites excluding steroid dienone is 1. The van der Waals surface area contributed by atoms with E-state index in [-0.39, 0.29) is 51.9 Å². The second kappa shape index (κ2) is 12.5. The van der Waals surface area contributed by atoms with Gasteiger partial charge in [-0.05, 0) is 61.4 Å². The zero-order chi connectivity index (χ0) is 31.5. The Balaban J connectivity index is 2.37. The van der Waals surface area contributed by atoms with E-state index in [1.165, 1.54) is 50.6 Å². The number of hydrogen-bond donors (Lipinski definition) is 0. The topological polar surface area (TPSA) is 114 Å². The molecular weight excluding hydrogens is 601 g/mol. The van der Waals surface area contributed by atoms with Crippen molar-refractivity contribution in [2.24, 2.45) is 0 Å². The van der Waals surface area contributed by atoms with Crippen molar-refractivity contribution >= 4 is 20.2 Å². The Morgan fingerprint density at radius 3 is 2.00 bits per heavy atom. The van der Waals surface area contributed by atoms with Crippen molar-refractivity contribution in [3.8, 4) is 51.0 Å². The first-order chi connectivity index (χ1) is 19.4. The van der Waals surface area contributed by atoms with E-state index >= 15 is 0 Å². The predicted molar refractivity (Wildman–Crippen MR) is 151 cm³/mol. The van der Waals surface area contributed by atoms with Gasteiger partial charge in [-0.3, -0.25) is 0 Å². The maximum Gasteiger partial charge on any atom is 0.416 e. The van der Waals surface area contributed by atoms with Crippen LogP contribution in [0, 0.1) is 0 Å². The first kappa shape index (κ1) is 32.6. The molecule has 3 aromatic carbocycles. The fourth-order valence-corrected chi connectivity index (χ4v) is 4.79. The Kier molecular flexibility index (Phi) is 9.73. The quantitative estimate of drug-likeness (QED) is 0.184. The third-order valence-corrected chi connectivity index (χ3v) is 6.52. The molecule has 9 nitrogen and oxygen atoms in total.